The SMILES string of the molecule is Cc1[nH]c2c(C)ccc(C)c2c1CC(=O)N[C@@H]1C[C@H]2C(=O)N[C@H](C(=O)O)CCC(=O)NCCCC[C@H](NC(=O)Cc3ccc4c(c3)OCO4)C(=O)N2C1. The van der Waals surface area contributed by atoms with E-state index in [0.717, 1.165) is 33.3 Å². The van der Waals surface area contributed by atoms with Gasteiger partial charge in [0.2, 0.25) is 36.3 Å². The van der Waals surface area contributed by atoms with Gasteiger partial charge < -0.3 is 45.7 Å². The van der Waals surface area contributed by atoms with Crippen molar-refractivity contribution >= 4 is 46.4 Å². The Labute approximate surface area is 306 Å². The Hall–Kier alpha value is -5.60. The lowest BCUT2D eigenvalue weighted by molar-refractivity contribution is -0.145. The molecular formula is C38H46N6O9. The Morgan fingerprint density at radius 2 is 1.68 bits per heavy atom. The molecule has 2 saturated heterocycles. The number of carbonyl (C=O) groups is 6. The number of fused-ring (bicyclic) bond motifs is 3. The fourth-order valence-corrected chi connectivity index (χ4v) is 7.43. The van der Waals surface area contributed by atoms with Crippen molar-refractivity contribution < 1.29 is 43.3 Å². The highest BCUT2D eigenvalue weighted by Crippen LogP contribution is 2.33. The molecule has 0 aliphatic carbocycles. The fourth-order valence-electron chi connectivity index (χ4n) is 7.43. The molecule has 0 bridgehead atoms. The van der Waals surface area contributed by atoms with E-state index in [1.165, 1.54) is 4.90 Å². The molecule has 0 unspecified atom stereocenters. The van der Waals surface area contributed by atoms with Crippen LogP contribution in [-0.4, -0.2) is 94.5 Å². The van der Waals surface area contributed by atoms with Crippen molar-refractivity contribution in [1.29, 1.82) is 0 Å². The molecule has 4 heterocycles. The van der Waals surface area contributed by atoms with Gasteiger partial charge in [0.15, 0.2) is 11.5 Å². The maximum atomic E-state index is 14.4. The van der Waals surface area contributed by atoms with E-state index in [1.54, 1.807) is 18.2 Å². The Morgan fingerprint density at radius 1 is 0.925 bits per heavy atom. The first-order valence-electron chi connectivity index (χ1n) is 18.0. The lowest BCUT2D eigenvalue weighted by atomic mass is 10.0. The molecule has 5 amide bonds. The number of hydrogen-bond donors (Lipinski definition) is 6. The summed E-state index contributed by atoms with van der Waals surface area (Å²) in [6, 6.07) is 5.01. The highest BCUT2D eigenvalue weighted by molar-refractivity contribution is 5.96. The van der Waals surface area contributed by atoms with Crippen LogP contribution in [0.25, 0.3) is 10.9 Å². The van der Waals surface area contributed by atoms with Crippen molar-refractivity contribution in [2.24, 2.45) is 0 Å². The zero-order chi connectivity index (χ0) is 37.8. The number of aryl methyl sites for hydroxylation is 3. The number of nitrogens with zero attached hydrogens (tertiary/aromatic N) is 1. The maximum absolute atomic E-state index is 14.4. The Balaban J connectivity index is 1.22. The van der Waals surface area contributed by atoms with Crippen LogP contribution in [0.1, 0.15) is 66.5 Å². The van der Waals surface area contributed by atoms with E-state index in [-0.39, 0.29) is 63.7 Å². The van der Waals surface area contributed by atoms with Gasteiger partial charge in [-0.3, -0.25) is 24.0 Å². The summed E-state index contributed by atoms with van der Waals surface area (Å²) in [5, 5.41) is 22.0. The summed E-state index contributed by atoms with van der Waals surface area (Å²) in [4.78, 5) is 84.4. The molecule has 15 nitrogen and oxygen atoms in total. The van der Waals surface area contributed by atoms with Crippen LogP contribution < -0.4 is 30.7 Å². The Morgan fingerprint density at radius 3 is 2.47 bits per heavy atom. The molecule has 0 saturated carbocycles. The number of H-pyrrole nitrogens is 1. The van der Waals surface area contributed by atoms with Gasteiger partial charge in [-0.25, -0.2) is 4.79 Å². The molecule has 53 heavy (non-hydrogen) atoms. The van der Waals surface area contributed by atoms with E-state index in [2.05, 4.69) is 26.3 Å². The molecular weight excluding hydrogens is 684 g/mol. The van der Waals surface area contributed by atoms with Gasteiger partial charge in [0, 0.05) is 42.1 Å². The molecule has 15 heteroatoms. The zero-order valence-corrected chi connectivity index (χ0v) is 30.1. The summed E-state index contributed by atoms with van der Waals surface area (Å²) in [6.07, 6.45) is 0.973. The van der Waals surface area contributed by atoms with Gasteiger partial charge in [-0.2, -0.15) is 0 Å². The van der Waals surface area contributed by atoms with Crippen LogP contribution in [0.2, 0.25) is 0 Å². The van der Waals surface area contributed by atoms with Gasteiger partial charge in [0.05, 0.1) is 12.8 Å². The second kappa shape index (κ2) is 16.0. The number of amides is 5. The first kappa shape index (κ1) is 37.2. The van der Waals surface area contributed by atoms with E-state index < -0.39 is 47.9 Å². The number of carbonyl (C=O) groups excluding carboxylic acids is 5. The lowest BCUT2D eigenvalue weighted by Gasteiger charge is -2.29. The fraction of sp³-hybridized carbons (Fsp3) is 0.474. The highest BCUT2D eigenvalue weighted by atomic mass is 16.7. The standard InChI is InChI=1S/C38H46N6O9/c1-20-7-8-21(2)35-34(20)25(22(3)40-35)17-33(47)41-24-16-28-36(48)43-27(38(50)51)10-12-31(45)39-13-5-4-6-26(37(49)44(28)18-24)42-32(46)15-23-9-11-29-30(14-23)53-19-52-29/h7-9,11,14,24,26-28,40H,4-6,10,12-13,15-19H2,1-3H3,(H,39,45)(H,41,47)(H,42,46)(H,43,48)(H,50,51)/t24-,26+,27+,28+/m1/s1. The van der Waals surface area contributed by atoms with Crippen molar-refractivity contribution in [3.63, 3.8) is 0 Å². The van der Waals surface area contributed by atoms with E-state index in [0.29, 0.717) is 36.4 Å². The number of rotatable bonds is 7. The topological polar surface area (TPSA) is 208 Å². The molecule has 3 aromatic rings. The smallest absolute Gasteiger partial charge is 0.326 e. The van der Waals surface area contributed by atoms with Crippen molar-refractivity contribution in [3.05, 3.63) is 58.3 Å². The zero-order valence-electron chi connectivity index (χ0n) is 30.1. The number of carboxylic acid groups (broad SMARTS) is 1. The van der Waals surface area contributed by atoms with Gasteiger partial charge in [0.25, 0.3) is 0 Å². The van der Waals surface area contributed by atoms with Crippen LogP contribution >= 0.6 is 0 Å². The van der Waals surface area contributed by atoms with E-state index in [1.807, 2.05) is 32.9 Å². The molecule has 3 aliphatic heterocycles. The summed E-state index contributed by atoms with van der Waals surface area (Å²) >= 11 is 0. The van der Waals surface area contributed by atoms with Gasteiger partial charge in [-0.05, 0) is 87.3 Å². The van der Waals surface area contributed by atoms with Crippen LogP contribution in [0.15, 0.2) is 30.3 Å². The average Bonchev–Trinajstić information content (AvgIpc) is 3.84. The number of benzene rings is 2. The predicted molar refractivity (Wildman–Crippen MR) is 192 cm³/mol. The molecule has 6 N–H and O–H groups in total. The first-order chi connectivity index (χ1) is 25.4. The molecule has 2 fully saturated rings. The number of hydrogen-bond acceptors (Lipinski definition) is 8. The summed E-state index contributed by atoms with van der Waals surface area (Å²) in [5.41, 5.74) is 5.44. The van der Waals surface area contributed by atoms with Crippen LogP contribution in [0, 0.1) is 20.8 Å². The normalized spacial score (nSPS) is 22.3. The quantitative estimate of drug-likeness (QED) is 0.209. The average molecular weight is 731 g/mol. The van der Waals surface area contributed by atoms with Gasteiger partial charge in [-0.1, -0.05) is 18.2 Å². The van der Waals surface area contributed by atoms with E-state index >= 15 is 0 Å². The second-order valence-corrected chi connectivity index (χ2v) is 14.1. The predicted octanol–water partition coefficient (Wildman–Crippen LogP) is 1.83. The third kappa shape index (κ3) is 8.56. The van der Waals surface area contributed by atoms with Gasteiger partial charge in [0.1, 0.15) is 18.1 Å². The minimum atomic E-state index is -1.38. The molecule has 282 valence electrons. The number of nitrogens with one attached hydrogen (secondary N) is 5. The minimum Gasteiger partial charge on any atom is -0.480 e. The van der Waals surface area contributed by atoms with E-state index in [9.17, 15) is 33.9 Å². The molecule has 1 aromatic heterocycles. The summed E-state index contributed by atoms with van der Waals surface area (Å²) in [7, 11) is 0. The Kier molecular flexibility index (Phi) is 11.2. The van der Waals surface area contributed by atoms with Crippen molar-refractivity contribution in [2.75, 3.05) is 19.9 Å². The molecule has 0 spiro atoms. The number of aliphatic carboxylic acids is 1. The molecule has 0 radical (unpaired) electrons. The third-order valence-corrected chi connectivity index (χ3v) is 10.2. The van der Waals surface area contributed by atoms with Gasteiger partial charge in [-0.15, -0.1) is 0 Å². The summed E-state index contributed by atoms with van der Waals surface area (Å²) in [5.74, 6) is -2.54. The van der Waals surface area contributed by atoms with Crippen LogP contribution in [0.4, 0.5) is 0 Å². The molecule has 4 atom stereocenters. The summed E-state index contributed by atoms with van der Waals surface area (Å²) < 4.78 is 10.8. The largest absolute Gasteiger partial charge is 0.480 e. The maximum Gasteiger partial charge on any atom is 0.326 e. The molecule has 3 aliphatic rings. The van der Waals surface area contributed by atoms with Crippen molar-refractivity contribution in [2.45, 2.75) is 96.3 Å². The van der Waals surface area contributed by atoms with Crippen molar-refractivity contribution in [1.82, 2.24) is 31.2 Å². The van der Waals surface area contributed by atoms with Crippen molar-refractivity contribution in [3.8, 4) is 11.5 Å². The highest BCUT2D eigenvalue weighted by Gasteiger charge is 2.43. The number of aromatic nitrogens is 1. The number of aromatic amines is 1. The lowest BCUT2D eigenvalue weighted by Crippen LogP contribution is -2.55. The number of carboxylic acids is 1. The molecule has 6 rings (SSSR count). The summed E-state index contributed by atoms with van der Waals surface area (Å²) in [6.45, 7) is 6.26. The van der Waals surface area contributed by atoms with Gasteiger partial charge >= 0.3 is 5.97 Å². The number of ether oxygens (including phenoxy) is 2. The monoisotopic (exact) mass is 730 g/mol. The Bertz CT molecular complexity index is 1940. The van der Waals surface area contributed by atoms with Crippen LogP contribution in [0.5, 0.6) is 11.5 Å². The minimum absolute atomic E-state index is 0.0268. The third-order valence-electron chi connectivity index (χ3n) is 10.2. The first-order valence-corrected chi connectivity index (χ1v) is 18.0. The second-order valence-electron chi connectivity index (χ2n) is 14.1. The van der Waals surface area contributed by atoms with Crippen LogP contribution in [0.3, 0.4) is 0 Å². The molecule has 2 aromatic carbocycles. The van der Waals surface area contributed by atoms with Crippen LogP contribution in [-0.2, 0) is 41.6 Å². The van der Waals surface area contributed by atoms with E-state index in [4.69, 9.17) is 9.47 Å².